The molecule has 1 aromatic rings. The van der Waals surface area contributed by atoms with Crippen molar-refractivity contribution in [2.75, 3.05) is 6.61 Å². The molecular weight excluding hydrogens is 252 g/mol. The van der Waals surface area contributed by atoms with E-state index in [9.17, 15) is 0 Å². The maximum Gasteiger partial charge on any atom is 0.126 e. The van der Waals surface area contributed by atoms with Crippen LogP contribution in [0, 0.1) is 0 Å². The van der Waals surface area contributed by atoms with E-state index in [1.54, 1.807) is 0 Å². The lowest BCUT2D eigenvalue weighted by Gasteiger charge is -2.09. The Morgan fingerprint density at radius 2 is 2.20 bits per heavy atom. The van der Waals surface area contributed by atoms with Crippen LogP contribution in [-0.4, -0.2) is 6.61 Å². The van der Waals surface area contributed by atoms with E-state index >= 15 is 0 Å². The molecule has 82 valence electrons. The van der Waals surface area contributed by atoms with Crippen LogP contribution in [0.4, 0.5) is 0 Å². The quantitative estimate of drug-likeness (QED) is 0.682. The fourth-order valence-corrected chi connectivity index (χ4v) is 1.72. The van der Waals surface area contributed by atoms with Gasteiger partial charge in [0.1, 0.15) is 5.75 Å². The van der Waals surface area contributed by atoms with Gasteiger partial charge in [-0.3, -0.25) is 0 Å². The Kier molecular flexibility index (Phi) is 5.48. The van der Waals surface area contributed by atoms with E-state index in [0.717, 1.165) is 28.8 Å². The normalized spacial score (nSPS) is 10.0. The zero-order valence-electron chi connectivity index (χ0n) is 9.13. The lowest BCUT2D eigenvalue weighted by atomic mass is 10.2. The molecule has 0 amide bonds. The first-order chi connectivity index (χ1) is 7.27. The highest BCUT2D eigenvalue weighted by Crippen LogP contribution is 2.24. The van der Waals surface area contributed by atoms with Gasteiger partial charge in [0.15, 0.2) is 0 Å². The topological polar surface area (TPSA) is 9.23 Å². The minimum absolute atomic E-state index is 0.788. The molecular formula is C13H17BrO. The smallest absolute Gasteiger partial charge is 0.126 e. The number of halogens is 1. The molecule has 0 fully saturated rings. The van der Waals surface area contributed by atoms with Gasteiger partial charge in [0, 0.05) is 10.0 Å². The van der Waals surface area contributed by atoms with Crippen LogP contribution in [0.5, 0.6) is 5.75 Å². The van der Waals surface area contributed by atoms with Gasteiger partial charge in [-0.1, -0.05) is 48.4 Å². The monoisotopic (exact) mass is 268 g/mol. The van der Waals surface area contributed by atoms with Gasteiger partial charge < -0.3 is 4.74 Å². The highest BCUT2D eigenvalue weighted by molar-refractivity contribution is 9.10. The second-order valence-electron chi connectivity index (χ2n) is 3.44. The van der Waals surface area contributed by atoms with Gasteiger partial charge in [0.05, 0.1) is 6.61 Å². The summed E-state index contributed by atoms with van der Waals surface area (Å²) in [5.74, 6) is 0.921. The summed E-state index contributed by atoms with van der Waals surface area (Å²) in [4.78, 5) is 0. The summed E-state index contributed by atoms with van der Waals surface area (Å²) in [6.07, 6.45) is 5.38. The van der Waals surface area contributed by atoms with Crippen LogP contribution >= 0.6 is 15.9 Å². The summed E-state index contributed by atoms with van der Waals surface area (Å²) in [5, 5.41) is 0. The first-order valence-electron chi connectivity index (χ1n) is 5.32. The van der Waals surface area contributed by atoms with Gasteiger partial charge in [-0.2, -0.15) is 0 Å². The van der Waals surface area contributed by atoms with Crippen molar-refractivity contribution in [2.24, 2.45) is 0 Å². The molecule has 0 aliphatic carbocycles. The molecule has 2 heteroatoms. The second kappa shape index (κ2) is 6.67. The highest BCUT2D eigenvalue weighted by Gasteiger charge is 2.00. The van der Waals surface area contributed by atoms with Crippen LogP contribution in [0.25, 0.3) is 6.08 Å². The van der Waals surface area contributed by atoms with Gasteiger partial charge in [0.2, 0.25) is 0 Å². The van der Waals surface area contributed by atoms with E-state index in [-0.39, 0.29) is 0 Å². The molecule has 1 nitrogen and oxygen atoms in total. The number of ether oxygens (including phenoxy) is 1. The first-order valence-corrected chi connectivity index (χ1v) is 6.12. The van der Waals surface area contributed by atoms with E-state index in [1.165, 1.54) is 12.8 Å². The Morgan fingerprint density at radius 3 is 2.87 bits per heavy atom. The Balaban J connectivity index is 2.56. The molecule has 0 N–H and O–H groups in total. The average molecular weight is 269 g/mol. The van der Waals surface area contributed by atoms with Crippen molar-refractivity contribution in [1.82, 2.24) is 0 Å². The van der Waals surface area contributed by atoms with Crippen molar-refractivity contribution in [3.8, 4) is 5.75 Å². The van der Waals surface area contributed by atoms with E-state index in [2.05, 4.69) is 29.4 Å². The summed E-state index contributed by atoms with van der Waals surface area (Å²) in [6.45, 7) is 6.75. The number of benzene rings is 1. The molecule has 0 atom stereocenters. The third kappa shape index (κ3) is 4.08. The fourth-order valence-electron chi connectivity index (χ4n) is 1.34. The zero-order valence-corrected chi connectivity index (χ0v) is 10.7. The predicted octanol–water partition coefficient (Wildman–Crippen LogP) is 4.66. The van der Waals surface area contributed by atoms with Crippen LogP contribution in [0.1, 0.15) is 31.7 Å². The summed E-state index contributed by atoms with van der Waals surface area (Å²) >= 11 is 3.43. The maximum atomic E-state index is 5.69. The lowest BCUT2D eigenvalue weighted by Crippen LogP contribution is -1.98. The molecule has 0 heterocycles. The van der Waals surface area contributed by atoms with Crippen molar-refractivity contribution in [3.05, 3.63) is 34.8 Å². The van der Waals surface area contributed by atoms with Crippen molar-refractivity contribution >= 4 is 22.0 Å². The molecule has 15 heavy (non-hydrogen) atoms. The molecule has 0 aliphatic heterocycles. The largest absolute Gasteiger partial charge is 0.493 e. The summed E-state index contributed by atoms with van der Waals surface area (Å²) in [5.41, 5.74) is 1.04. The van der Waals surface area contributed by atoms with Crippen molar-refractivity contribution in [2.45, 2.75) is 26.2 Å². The molecule has 0 unspecified atom stereocenters. The molecule has 0 saturated carbocycles. The fraction of sp³-hybridized carbons (Fsp3) is 0.385. The molecule has 0 aliphatic rings. The minimum Gasteiger partial charge on any atom is -0.493 e. The Bertz CT molecular complexity index is 320. The van der Waals surface area contributed by atoms with Crippen LogP contribution in [-0.2, 0) is 0 Å². The zero-order chi connectivity index (χ0) is 11.1. The van der Waals surface area contributed by atoms with Crippen LogP contribution in [0.3, 0.4) is 0 Å². The third-order valence-electron chi connectivity index (χ3n) is 2.20. The van der Waals surface area contributed by atoms with Gasteiger partial charge in [0.25, 0.3) is 0 Å². The number of rotatable bonds is 6. The van der Waals surface area contributed by atoms with Crippen LogP contribution in [0.15, 0.2) is 29.3 Å². The SMILES string of the molecule is C=Cc1cc(Br)ccc1OCCCCC. The van der Waals surface area contributed by atoms with Crippen molar-refractivity contribution in [1.29, 1.82) is 0 Å². The Hall–Kier alpha value is -0.760. The van der Waals surface area contributed by atoms with E-state index in [4.69, 9.17) is 4.74 Å². The standard InChI is InChI=1S/C13H17BrO/c1-3-5-6-9-15-13-8-7-12(14)10-11(13)4-2/h4,7-8,10H,2-3,5-6,9H2,1H3. The first kappa shape index (κ1) is 12.3. The molecule has 0 spiro atoms. The highest BCUT2D eigenvalue weighted by atomic mass is 79.9. The third-order valence-corrected chi connectivity index (χ3v) is 2.69. The van der Waals surface area contributed by atoms with Gasteiger partial charge in [-0.15, -0.1) is 0 Å². The number of unbranched alkanes of at least 4 members (excludes halogenated alkanes) is 2. The predicted molar refractivity (Wildman–Crippen MR) is 69.3 cm³/mol. The van der Waals surface area contributed by atoms with Gasteiger partial charge in [-0.05, 0) is 24.6 Å². The van der Waals surface area contributed by atoms with E-state index in [1.807, 2.05) is 24.3 Å². The van der Waals surface area contributed by atoms with Crippen LogP contribution < -0.4 is 4.74 Å². The molecule has 1 rings (SSSR count). The van der Waals surface area contributed by atoms with Crippen LogP contribution in [0.2, 0.25) is 0 Å². The van der Waals surface area contributed by atoms with E-state index in [0.29, 0.717) is 0 Å². The second-order valence-corrected chi connectivity index (χ2v) is 4.36. The molecule has 0 saturated heterocycles. The Morgan fingerprint density at radius 1 is 1.40 bits per heavy atom. The maximum absolute atomic E-state index is 5.69. The van der Waals surface area contributed by atoms with Gasteiger partial charge in [-0.25, -0.2) is 0 Å². The Labute approximate surface area is 100 Å². The summed E-state index contributed by atoms with van der Waals surface area (Å²) in [7, 11) is 0. The average Bonchev–Trinajstić information content (AvgIpc) is 2.26. The molecule has 0 radical (unpaired) electrons. The lowest BCUT2D eigenvalue weighted by molar-refractivity contribution is 0.305. The molecule has 0 bridgehead atoms. The van der Waals surface area contributed by atoms with Crippen molar-refractivity contribution in [3.63, 3.8) is 0 Å². The van der Waals surface area contributed by atoms with Gasteiger partial charge >= 0.3 is 0 Å². The van der Waals surface area contributed by atoms with E-state index < -0.39 is 0 Å². The molecule has 1 aromatic carbocycles. The summed E-state index contributed by atoms with van der Waals surface area (Å²) < 4.78 is 6.75. The number of hydrogen-bond acceptors (Lipinski definition) is 1. The number of hydrogen-bond donors (Lipinski definition) is 0. The van der Waals surface area contributed by atoms with Crippen molar-refractivity contribution < 1.29 is 4.74 Å². The minimum atomic E-state index is 0.788. The molecule has 0 aromatic heterocycles. The summed E-state index contributed by atoms with van der Waals surface area (Å²) in [6, 6.07) is 5.98.